The Kier molecular flexibility index (Phi) is 6.34. The van der Waals surface area contributed by atoms with Crippen LogP contribution in [-0.4, -0.2) is 76.2 Å². The number of ether oxygens (including phenoxy) is 1. The van der Waals surface area contributed by atoms with E-state index in [0.717, 1.165) is 22.7 Å². The molecule has 8 nitrogen and oxygen atoms in total. The van der Waals surface area contributed by atoms with Crippen molar-refractivity contribution in [2.24, 2.45) is 5.73 Å². The lowest BCUT2D eigenvalue weighted by molar-refractivity contribution is -0.201. The van der Waals surface area contributed by atoms with E-state index in [1.807, 2.05) is 0 Å². The van der Waals surface area contributed by atoms with E-state index in [-0.39, 0.29) is 36.3 Å². The van der Waals surface area contributed by atoms with Crippen molar-refractivity contribution in [3.63, 3.8) is 0 Å². The first-order valence-corrected chi connectivity index (χ1v) is 10.1. The van der Waals surface area contributed by atoms with Gasteiger partial charge in [0.25, 0.3) is 0 Å². The minimum absolute atomic E-state index is 0.0437. The number of alkyl halides is 6. The summed E-state index contributed by atoms with van der Waals surface area (Å²) in [4.78, 5) is 49.3. The molecule has 176 valence electrons. The van der Waals surface area contributed by atoms with Crippen molar-refractivity contribution in [1.29, 1.82) is 0 Å². The number of allylic oxidation sites excluding steroid dienone is 1. The number of halogens is 6. The number of esters is 2. The number of hydrogen-bond donors (Lipinski definition) is 1. The summed E-state index contributed by atoms with van der Waals surface area (Å²) in [5.74, 6) is -6.47. The Bertz CT molecular complexity index is 929. The van der Waals surface area contributed by atoms with Crippen LogP contribution >= 0.6 is 11.8 Å². The fourth-order valence-electron chi connectivity index (χ4n) is 3.41. The number of hydrogen-bond acceptors (Lipinski definition) is 7. The molecule has 2 saturated heterocycles. The van der Waals surface area contributed by atoms with E-state index >= 15 is 0 Å². The molecule has 0 aromatic rings. The van der Waals surface area contributed by atoms with Crippen LogP contribution in [0.2, 0.25) is 0 Å². The van der Waals surface area contributed by atoms with Gasteiger partial charge in [0, 0.05) is 17.9 Å². The van der Waals surface area contributed by atoms with Crippen LogP contribution in [0.3, 0.4) is 0 Å². The fraction of sp³-hybridized carbons (Fsp3) is 0.529. The number of rotatable bonds is 3. The van der Waals surface area contributed by atoms with E-state index in [9.17, 15) is 45.5 Å². The third kappa shape index (κ3) is 4.77. The number of fused-ring (bicyclic) bond motifs is 1. The first-order chi connectivity index (χ1) is 14.7. The Morgan fingerprint density at radius 3 is 2.44 bits per heavy atom. The zero-order valence-corrected chi connectivity index (χ0v) is 16.8. The van der Waals surface area contributed by atoms with Crippen LogP contribution in [-0.2, 0) is 23.9 Å². The van der Waals surface area contributed by atoms with Crippen LogP contribution in [0.4, 0.5) is 26.3 Å². The number of thioether (sulfide) groups is 1. The zero-order chi connectivity index (χ0) is 24.0. The standard InChI is InChI=1S/C17H15F6N3O5S/c18-16(19,20)6-25-3-1-2-7(11(25)27)4-8-5-32-13-9(24)12(28)26(13)10(8)14(29)31-15(30)17(21,22)23/h4,9,13H,1-3,5-6,24H2/b7-4+/t9-,13-/m1/s1. The van der Waals surface area contributed by atoms with E-state index in [0.29, 0.717) is 4.90 Å². The quantitative estimate of drug-likeness (QED) is 0.210. The molecule has 3 rings (SSSR count). The fourth-order valence-corrected chi connectivity index (χ4v) is 4.67. The highest BCUT2D eigenvalue weighted by Gasteiger charge is 2.53. The van der Waals surface area contributed by atoms with Crippen LogP contribution in [0.25, 0.3) is 0 Å². The Morgan fingerprint density at radius 2 is 1.84 bits per heavy atom. The third-order valence-electron chi connectivity index (χ3n) is 4.80. The maximum absolute atomic E-state index is 12.7. The molecule has 3 aliphatic heterocycles. The normalized spacial score (nSPS) is 25.7. The second kappa shape index (κ2) is 8.42. The smallest absolute Gasteiger partial charge is 0.382 e. The predicted molar refractivity (Wildman–Crippen MR) is 95.2 cm³/mol. The van der Waals surface area contributed by atoms with Crippen molar-refractivity contribution < 1.29 is 50.3 Å². The van der Waals surface area contributed by atoms with Crippen molar-refractivity contribution in [3.05, 3.63) is 22.9 Å². The third-order valence-corrected chi connectivity index (χ3v) is 6.13. The second-order valence-corrected chi connectivity index (χ2v) is 8.20. The minimum atomic E-state index is -5.48. The highest BCUT2D eigenvalue weighted by Crippen LogP contribution is 2.41. The molecule has 2 amide bonds. The Balaban J connectivity index is 1.96. The van der Waals surface area contributed by atoms with E-state index < -0.39 is 59.8 Å². The molecule has 0 spiro atoms. The molecular weight excluding hydrogens is 472 g/mol. The summed E-state index contributed by atoms with van der Waals surface area (Å²) in [5.41, 5.74) is 4.66. The Labute approximate surface area is 180 Å². The highest BCUT2D eigenvalue weighted by molar-refractivity contribution is 8.00. The van der Waals surface area contributed by atoms with Gasteiger partial charge >= 0.3 is 24.3 Å². The molecule has 0 radical (unpaired) electrons. The molecule has 0 aromatic carbocycles. The number of likely N-dealkylation sites (tertiary alicyclic amines) is 1. The predicted octanol–water partition coefficient (Wildman–Crippen LogP) is 1.23. The number of carbonyl (C=O) groups excluding carboxylic acids is 4. The lowest BCUT2D eigenvalue weighted by Gasteiger charge is -2.48. The molecule has 2 atom stereocenters. The highest BCUT2D eigenvalue weighted by atomic mass is 32.2. The molecule has 0 unspecified atom stereocenters. The molecule has 0 aromatic heterocycles. The van der Waals surface area contributed by atoms with Gasteiger partial charge in [-0.1, -0.05) is 0 Å². The monoisotopic (exact) mass is 487 g/mol. The largest absolute Gasteiger partial charge is 0.491 e. The van der Waals surface area contributed by atoms with Crippen LogP contribution in [0.1, 0.15) is 12.8 Å². The maximum Gasteiger partial charge on any atom is 0.491 e. The summed E-state index contributed by atoms with van der Waals surface area (Å²) in [6, 6.07) is -1.05. The van der Waals surface area contributed by atoms with Crippen LogP contribution < -0.4 is 5.73 Å². The van der Waals surface area contributed by atoms with Crippen LogP contribution in [0, 0.1) is 0 Å². The Hall–Kier alpha value is -2.55. The molecule has 32 heavy (non-hydrogen) atoms. The lowest BCUT2D eigenvalue weighted by Crippen LogP contribution is -2.68. The van der Waals surface area contributed by atoms with E-state index in [2.05, 4.69) is 4.74 Å². The van der Waals surface area contributed by atoms with E-state index in [4.69, 9.17) is 5.73 Å². The molecular formula is C17H15F6N3O5S. The first kappa shape index (κ1) is 24.1. The van der Waals surface area contributed by atoms with Gasteiger partial charge < -0.3 is 15.4 Å². The summed E-state index contributed by atoms with van der Waals surface area (Å²) < 4.78 is 79.4. The summed E-state index contributed by atoms with van der Waals surface area (Å²) in [7, 11) is 0. The average molecular weight is 487 g/mol. The zero-order valence-electron chi connectivity index (χ0n) is 16.0. The van der Waals surface area contributed by atoms with Crippen molar-refractivity contribution in [2.75, 3.05) is 18.8 Å². The van der Waals surface area contributed by atoms with Gasteiger partial charge in [-0.2, -0.15) is 26.3 Å². The van der Waals surface area contributed by atoms with Crippen LogP contribution in [0.5, 0.6) is 0 Å². The minimum Gasteiger partial charge on any atom is -0.382 e. The van der Waals surface area contributed by atoms with Gasteiger partial charge in [0.1, 0.15) is 23.7 Å². The molecule has 3 aliphatic rings. The lowest BCUT2D eigenvalue weighted by atomic mass is 9.98. The molecule has 3 heterocycles. The number of carbonyl (C=O) groups is 4. The molecule has 2 fully saturated rings. The van der Waals surface area contributed by atoms with Gasteiger partial charge in [-0.05, 0) is 24.5 Å². The van der Waals surface area contributed by atoms with Crippen molar-refractivity contribution in [2.45, 2.75) is 36.6 Å². The molecule has 0 bridgehead atoms. The van der Waals surface area contributed by atoms with Gasteiger partial charge in [0.05, 0.1) is 0 Å². The van der Waals surface area contributed by atoms with Crippen LogP contribution in [0.15, 0.2) is 22.9 Å². The number of nitrogens with zero attached hydrogens (tertiary/aromatic N) is 2. The van der Waals surface area contributed by atoms with Crippen molar-refractivity contribution >= 4 is 35.5 Å². The number of piperidine rings is 1. The molecule has 15 heteroatoms. The number of nitrogens with two attached hydrogens (primary N) is 1. The van der Waals surface area contributed by atoms with Crippen molar-refractivity contribution in [1.82, 2.24) is 9.80 Å². The topological polar surface area (TPSA) is 110 Å². The van der Waals surface area contributed by atoms with Gasteiger partial charge in [-0.3, -0.25) is 14.5 Å². The van der Waals surface area contributed by atoms with Gasteiger partial charge in [0.15, 0.2) is 0 Å². The van der Waals surface area contributed by atoms with Crippen molar-refractivity contribution in [3.8, 4) is 0 Å². The van der Waals surface area contributed by atoms with E-state index in [1.165, 1.54) is 0 Å². The number of β-lactam (4-membered cyclic amide) rings is 1. The van der Waals surface area contributed by atoms with Gasteiger partial charge in [-0.25, -0.2) is 9.59 Å². The second-order valence-electron chi connectivity index (χ2n) is 7.10. The molecule has 0 aliphatic carbocycles. The summed E-state index contributed by atoms with van der Waals surface area (Å²) in [6.45, 7) is -1.65. The molecule has 2 N–H and O–H groups in total. The summed E-state index contributed by atoms with van der Waals surface area (Å²) >= 11 is 1.04. The SMILES string of the molecule is N[C@@H]1C(=O)N2C(C(=O)OC(=O)C(F)(F)F)=C(/C=C3\CCCN(CC(F)(F)F)C3=O)CS[C@H]12. The van der Waals surface area contributed by atoms with Gasteiger partial charge in [0.2, 0.25) is 11.8 Å². The average Bonchev–Trinajstić information content (AvgIpc) is 2.68. The first-order valence-electron chi connectivity index (χ1n) is 9.04. The molecule has 0 saturated carbocycles. The summed E-state index contributed by atoms with van der Waals surface area (Å²) in [5, 5.41) is -0.808. The summed E-state index contributed by atoms with van der Waals surface area (Å²) in [6.07, 6.45) is -8.85. The maximum atomic E-state index is 12.7. The van der Waals surface area contributed by atoms with E-state index in [1.54, 1.807) is 0 Å². The van der Waals surface area contributed by atoms with Gasteiger partial charge in [-0.15, -0.1) is 11.8 Å². The number of amides is 2. The Morgan fingerprint density at radius 1 is 1.19 bits per heavy atom.